The molecule has 0 spiro atoms. The summed E-state index contributed by atoms with van der Waals surface area (Å²) in [5, 5.41) is 4.53. The predicted molar refractivity (Wildman–Crippen MR) is 155 cm³/mol. The minimum atomic E-state index is -0.580. The number of rotatable bonds is 9. The van der Waals surface area contributed by atoms with E-state index >= 15 is 0 Å². The molecule has 5 heterocycles. The minimum Gasteiger partial charge on any atom is -0.474 e. The third-order valence-electron chi connectivity index (χ3n) is 7.86. The first kappa shape index (κ1) is 26.8. The molecule has 5 aromatic rings. The summed E-state index contributed by atoms with van der Waals surface area (Å²) in [6, 6.07) is 15.4. The monoisotopic (exact) mass is 587 g/mol. The number of halogens is 1. The molecule has 2 aromatic carbocycles. The van der Waals surface area contributed by atoms with Crippen molar-refractivity contribution in [2.45, 2.75) is 51.0 Å². The molecule has 11 nitrogen and oxygen atoms in total. The van der Waals surface area contributed by atoms with E-state index in [0.29, 0.717) is 23.1 Å². The number of fused-ring (bicyclic) bond motifs is 1. The molecule has 42 heavy (non-hydrogen) atoms. The molecule has 2 saturated heterocycles. The van der Waals surface area contributed by atoms with E-state index in [0.717, 1.165) is 85.9 Å². The second kappa shape index (κ2) is 11.7. The van der Waals surface area contributed by atoms with Crippen molar-refractivity contribution in [1.29, 1.82) is 0 Å². The molecule has 0 amide bonds. The fourth-order valence-corrected chi connectivity index (χ4v) is 5.64. The second-order valence-electron chi connectivity index (χ2n) is 10.8. The first-order valence-electron chi connectivity index (χ1n) is 14.2. The van der Waals surface area contributed by atoms with Crippen molar-refractivity contribution in [3.8, 4) is 17.3 Å². The minimum absolute atomic E-state index is 0.0916. The average molecular weight is 588 g/mol. The third kappa shape index (κ3) is 5.94. The fourth-order valence-electron chi connectivity index (χ4n) is 5.51. The highest BCUT2D eigenvalue weighted by Crippen LogP contribution is 2.27. The maximum atomic E-state index is 11.4. The van der Waals surface area contributed by atoms with E-state index in [2.05, 4.69) is 34.1 Å². The zero-order chi connectivity index (χ0) is 28.5. The SMILES string of the molecule is O=c1[nH]c(-c2ccc3c(c2)nc(CN2CCC(Oc4ccnc(Cc5ccc(Cl)cc5)n4)CC2)n3CC2CCO2)no1. The number of aromatic amines is 1. The zero-order valence-corrected chi connectivity index (χ0v) is 23.7. The van der Waals surface area contributed by atoms with Gasteiger partial charge in [-0.05, 0) is 55.2 Å². The van der Waals surface area contributed by atoms with Gasteiger partial charge in [0.05, 0.1) is 30.2 Å². The average Bonchev–Trinajstić information content (AvgIpc) is 3.55. The number of nitrogens with one attached hydrogen (secondary N) is 1. The number of piperidine rings is 1. The molecule has 12 heteroatoms. The number of H-pyrrole nitrogens is 1. The molecular weight excluding hydrogens is 558 g/mol. The Balaban J connectivity index is 1.01. The van der Waals surface area contributed by atoms with Crippen LogP contribution in [0.15, 0.2) is 64.0 Å². The summed E-state index contributed by atoms with van der Waals surface area (Å²) in [5.74, 6) is 2.14. The highest BCUT2D eigenvalue weighted by Gasteiger charge is 2.26. The van der Waals surface area contributed by atoms with Gasteiger partial charge in [-0.2, -0.15) is 4.98 Å². The number of imidazole rings is 1. The summed E-state index contributed by atoms with van der Waals surface area (Å²) >= 11 is 6.01. The third-order valence-corrected chi connectivity index (χ3v) is 8.12. The molecule has 2 aliphatic rings. The summed E-state index contributed by atoms with van der Waals surface area (Å²) in [4.78, 5) is 30.5. The van der Waals surface area contributed by atoms with Gasteiger partial charge in [0.25, 0.3) is 0 Å². The van der Waals surface area contributed by atoms with Crippen LogP contribution in [0.1, 0.15) is 36.5 Å². The van der Waals surface area contributed by atoms with Crippen LogP contribution in [0, 0.1) is 0 Å². The number of likely N-dealkylation sites (tertiary alicyclic amines) is 1. The Morgan fingerprint density at radius 2 is 1.88 bits per heavy atom. The van der Waals surface area contributed by atoms with Crippen molar-refractivity contribution in [2.75, 3.05) is 19.7 Å². The molecule has 0 aliphatic carbocycles. The van der Waals surface area contributed by atoms with Crippen LogP contribution >= 0.6 is 11.6 Å². The van der Waals surface area contributed by atoms with E-state index in [1.54, 1.807) is 6.20 Å². The summed E-state index contributed by atoms with van der Waals surface area (Å²) in [5.41, 5.74) is 3.74. The standard InChI is InChI=1S/C30H30ClN7O4/c31-21-4-1-19(2-5-21)15-26-32-11-7-28(34-26)41-22-8-12-37(13-9-22)18-27-33-24-16-20(29-35-30(39)42-36-29)3-6-25(24)38(27)17-23-10-14-40-23/h1-7,11,16,22-23H,8-10,12-15,17-18H2,(H,35,36,39). The smallest absolute Gasteiger partial charge is 0.439 e. The molecular formula is C30H30ClN7O4. The van der Waals surface area contributed by atoms with E-state index < -0.39 is 5.76 Å². The highest BCUT2D eigenvalue weighted by molar-refractivity contribution is 6.30. The van der Waals surface area contributed by atoms with Gasteiger partial charge in [-0.3, -0.25) is 14.4 Å². The van der Waals surface area contributed by atoms with Gasteiger partial charge in [-0.15, -0.1) is 0 Å². The summed E-state index contributed by atoms with van der Waals surface area (Å²) in [6.45, 7) is 4.07. The second-order valence-corrected chi connectivity index (χ2v) is 11.2. The van der Waals surface area contributed by atoms with Gasteiger partial charge in [0.1, 0.15) is 17.8 Å². The molecule has 2 aliphatic heterocycles. The Bertz CT molecular complexity index is 1740. The topological polar surface area (TPSA) is 124 Å². The fraction of sp³-hybridized carbons (Fsp3) is 0.367. The normalized spacial score (nSPS) is 17.9. The van der Waals surface area contributed by atoms with Crippen molar-refractivity contribution in [3.63, 3.8) is 0 Å². The predicted octanol–water partition coefficient (Wildman–Crippen LogP) is 4.25. The Labute approximate surface area is 246 Å². The summed E-state index contributed by atoms with van der Waals surface area (Å²) in [6.07, 6.45) is 5.50. The maximum absolute atomic E-state index is 11.4. The van der Waals surface area contributed by atoms with Crippen LogP contribution < -0.4 is 10.5 Å². The number of hydrogen-bond acceptors (Lipinski definition) is 9. The molecule has 3 aromatic heterocycles. The van der Waals surface area contributed by atoms with Crippen LogP contribution in [0.5, 0.6) is 5.88 Å². The van der Waals surface area contributed by atoms with Gasteiger partial charge < -0.3 is 14.0 Å². The van der Waals surface area contributed by atoms with Crippen molar-refractivity contribution < 1.29 is 14.0 Å². The van der Waals surface area contributed by atoms with Crippen molar-refractivity contribution in [2.24, 2.45) is 0 Å². The molecule has 7 rings (SSSR count). The van der Waals surface area contributed by atoms with Crippen LogP contribution in [-0.2, 0) is 24.2 Å². The maximum Gasteiger partial charge on any atom is 0.439 e. The van der Waals surface area contributed by atoms with Crippen molar-refractivity contribution in [3.05, 3.63) is 87.5 Å². The lowest BCUT2D eigenvalue weighted by Crippen LogP contribution is -2.39. The van der Waals surface area contributed by atoms with Crippen molar-refractivity contribution >= 4 is 22.6 Å². The largest absolute Gasteiger partial charge is 0.474 e. The number of benzene rings is 2. The van der Waals surface area contributed by atoms with E-state index in [1.165, 1.54) is 0 Å². The lowest BCUT2D eigenvalue weighted by atomic mass is 10.1. The lowest BCUT2D eigenvalue weighted by Gasteiger charge is -2.32. The number of hydrogen-bond donors (Lipinski definition) is 1. The molecule has 0 bridgehead atoms. The Morgan fingerprint density at radius 3 is 2.62 bits per heavy atom. The van der Waals surface area contributed by atoms with Crippen LogP contribution in [0.2, 0.25) is 5.02 Å². The first-order valence-corrected chi connectivity index (χ1v) is 14.6. The van der Waals surface area contributed by atoms with E-state index in [-0.39, 0.29) is 12.2 Å². The zero-order valence-electron chi connectivity index (χ0n) is 22.9. The molecule has 1 N–H and O–H groups in total. The van der Waals surface area contributed by atoms with Gasteiger partial charge in [-0.25, -0.2) is 14.8 Å². The Hall–Kier alpha value is -4.06. The molecule has 1 unspecified atom stereocenters. The van der Waals surface area contributed by atoms with E-state index in [1.807, 2.05) is 48.5 Å². The number of nitrogens with zero attached hydrogens (tertiary/aromatic N) is 6. The lowest BCUT2D eigenvalue weighted by molar-refractivity contribution is -0.0592. The first-order chi connectivity index (χ1) is 20.6. The number of ether oxygens (including phenoxy) is 2. The van der Waals surface area contributed by atoms with Gasteiger partial charge in [0.15, 0.2) is 5.82 Å². The molecule has 2 fully saturated rings. The molecule has 0 saturated carbocycles. The Morgan fingerprint density at radius 1 is 1.05 bits per heavy atom. The van der Waals surface area contributed by atoms with Crippen LogP contribution in [0.3, 0.4) is 0 Å². The summed E-state index contributed by atoms with van der Waals surface area (Å²) in [7, 11) is 0. The number of aromatic nitrogens is 6. The highest BCUT2D eigenvalue weighted by atomic mass is 35.5. The quantitative estimate of drug-likeness (QED) is 0.269. The Kier molecular flexibility index (Phi) is 7.45. The molecule has 216 valence electrons. The van der Waals surface area contributed by atoms with Crippen LogP contribution in [0.4, 0.5) is 0 Å². The van der Waals surface area contributed by atoms with E-state index in [9.17, 15) is 4.79 Å². The van der Waals surface area contributed by atoms with Gasteiger partial charge in [-0.1, -0.05) is 28.9 Å². The molecule has 1 atom stereocenters. The van der Waals surface area contributed by atoms with Gasteiger partial charge in [0.2, 0.25) is 5.88 Å². The van der Waals surface area contributed by atoms with Gasteiger partial charge >= 0.3 is 5.76 Å². The van der Waals surface area contributed by atoms with Crippen molar-refractivity contribution in [1.82, 2.24) is 34.6 Å². The summed E-state index contributed by atoms with van der Waals surface area (Å²) < 4.78 is 19.0. The van der Waals surface area contributed by atoms with Crippen LogP contribution in [0.25, 0.3) is 22.4 Å². The van der Waals surface area contributed by atoms with Gasteiger partial charge in [0, 0.05) is 49.0 Å². The van der Waals surface area contributed by atoms with E-state index in [4.69, 9.17) is 26.1 Å². The van der Waals surface area contributed by atoms with Crippen LogP contribution in [-0.4, -0.2) is 66.5 Å². The molecule has 0 radical (unpaired) electrons.